The number of hydrogen-bond acceptors (Lipinski definition) is 6. The van der Waals surface area contributed by atoms with Crippen molar-refractivity contribution < 1.29 is 0 Å². The van der Waals surface area contributed by atoms with Crippen molar-refractivity contribution in [2.24, 2.45) is 0 Å². The monoisotopic (exact) mass is 282 g/mol. The van der Waals surface area contributed by atoms with Crippen LogP contribution in [-0.2, 0) is 0 Å². The number of rotatable bonds is 2. The Morgan fingerprint density at radius 1 is 1.11 bits per heavy atom. The predicted octanol–water partition coefficient (Wildman–Crippen LogP) is 1.26. The zero-order chi connectivity index (χ0) is 12.4. The first-order valence-corrected chi connectivity index (χ1v) is 7.10. The highest BCUT2D eigenvalue weighted by Crippen LogP contribution is 2.17. The fourth-order valence-corrected chi connectivity index (χ4v) is 2.78. The molecule has 3 rings (SSSR count). The summed E-state index contributed by atoms with van der Waals surface area (Å²) >= 11 is 7.89. The zero-order valence-electron chi connectivity index (χ0n) is 9.53. The lowest BCUT2D eigenvalue weighted by Crippen LogP contribution is -2.34. The molecule has 94 valence electrons. The van der Waals surface area contributed by atoms with Crippen LogP contribution in [0.15, 0.2) is 18.5 Å². The molecule has 0 N–H and O–H groups in total. The molecule has 0 bridgehead atoms. The van der Waals surface area contributed by atoms with Gasteiger partial charge in [-0.05, 0) is 17.7 Å². The SMILES string of the molecule is Clc1nc(N2CCSCC2)nc(-n2cccn2)n1. The van der Waals surface area contributed by atoms with Crippen LogP contribution in [0.3, 0.4) is 0 Å². The highest BCUT2D eigenvalue weighted by Gasteiger charge is 2.16. The second kappa shape index (κ2) is 5.11. The molecular weight excluding hydrogens is 272 g/mol. The van der Waals surface area contributed by atoms with Gasteiger partial charge in [0, 0.05) is 37.0 Å². The molecule has 18 heavy (non-hydrogen) atoms. The van der Waals surface area contributed by atoms with E-state index in [1.54, 1.807) is 17.1 Å². The number of thioether (sulfide) groups is 1. The van der Waals surface area contributed by atoms with E-state index < -0.39 is 0 Å². The van der Waals surface area contributed by atoms with Crippen molar-refractivity contribution in [3.05, 3.63) is 23.7 Å². The molecule has 0 atom stereocenters. The van der Waals surface area contributed by atoms with Gasteiger partial charge in [0.05, 0.1) is 0 Å². The van der Waals surface area contributed by atoms with E-state index in [1.807, 2.05) is 17.8 Å². The third kappa shape index (κ3) is 2.41. The highest BCUT2D eigenvalue weighted by molar-refractivity contribution is 7.99. The average Bonchev–Trinajstić information content (AvgIpc) is 2.93. The molecule has 2 aromatic rings. The zero-order valence-corrected chi connectivity index (χ0v) is 11.1. The molecule has 0 saturated carbocycles. The minimum Gasteiger partial charge on any atom is -0.339 e. The van der Waals surface area contributed by atoms with Crippen LogP contribution in [0.2, 0.25) is 5.28 Å². The first-order valence-electron chi connectivity index (χ1n) is 5.57. The van der Waals surface area contributed by atoms with Crippen LogP contribution >= 0.6 is 23.4 Å². The summed E-state index contributed by atoms with van der Waals surface area (Å²) in [5.74, 6) is 3.25. The van der Waals surface area contributed by atoms with Gasteiger partial charge in [0.2, 0.25) is 11.2 Å². The van der Waals surface area contributed by atoms with E-state index in [4.69, 9.17) is 11.6 Å². The summed E-state index contributed by atoms with van der Waals surface area (Å²) in [4.78, 5) is 14.8. The summed E-state index contributed by atoms with van der Waals surface area (Å²) in [6.07, 6.45) is 3.45. The van der Waals surface area contributed by atoms with Gasteiger partial charge in [0.1, 0.15) is 0 Å². The van der Waals surface area contributed by atoms with Crippen molar-refractivity contribution in [2.75, 3.05) is 29.5 Å². The first kappa shape index (κ1) is 11.7. The number of anilines is 1. The molecule has 1 aliphatic rings. The lowest BCUT2D eigenvalue weighted by atomic mass is 10.5. The van der Waals surface area contributed by atoms with E-state index in [9.17, 15) is 0 Å². The minimum absolute atomic E-state index is 0.198. The summed E-state index contributed by atoms with van der Waals surface area (Å²) in [7, 11) is 0. The van der Waals surface area contributed by atoms with Gasteiger partial charge < -0.3 is 4.90 Å². The van der Waals surface area contributed by atoms with Crippen molar-refractivity contribution >= 4 is 29.3 Å². The van der Waals surface area contributed by atoms with Crippen molar-refractivity contribution in [1.29, 1.82) is 0 Å². The summed E-state index contributed by atoms with van der Waals surface area (Å²) in [5.41, 5.74) is 0. The third-order valence-electron chi connectivity index (χ3n) is 2.59. The Kier molecular flexibility index (Phi) is 3.33. The number of halogens is 1. The normalized spacial score (nSPS) is 15.9. The van der Waals surface area contributed by atoms with E-state index in [0.29, 0.717) is 11.9 Å². The molecule has 0 spiro atoms. The van der Waals surface area contributed by atoms with E-state index in [1.165, 1.54) is 0 Å². The molecule has 0 amide bonds. The summed E-state index contributed by atoms with van der Waals surface area (Å²) in [6.45, 7) is 1.87. The quantitative estimate of drug-likeness (QED) is 0.827. The number of nitrogens with zero attached hydrogens (tertiary/aromatic N) is 6. The molecule has 0 unspecified atom stereocenters. The van der Waals surface area contributed by atoms with Gasteiger partial charge in [-0.15, -0.1) is 0 Å². The smallest absolute Gasteiger partial charge is 0.256 e. The van der Waals surface area contributed by atoms with Crippen LogP contribution in [0.1, 0.15) is 0 Å². The minimum atomic E-state index is 0.198. The topological polar surface area (TPSA) is 59.7 Å². The maximum absolute atomic E-state index is 5.95. The Balaban J connectivity index is 1.95. The van der Waals surface area contributed by atoms with Crippen LogP contribution in [0, 0.1) is 0 Å². The van der Waals surface area contributed by atoms with Gasteiger partial charge in [-0.25, -0.2) is 4.68 Å². The van der Waals surface area contributed by atoms with Crippen LogP contribution in [0.5, 0.6) is 0 Å². The van der Waals surface area contributed by atoms with E-state index >= 15 is 0 Å². The van der Waals surface area contributed by atoms with Crippen molar-refractivity contribution in [3.8, 4) is 5.95 Å². The molecule has 0 aliphatic carbocycles. The fraction of sp³-hybridized carbons (Fsp3) is 0.400. The Morgan fingerprint density at radius 2 is 1.89 bits per heavy atom. The van der Waals surface area contributed by atoms with E-state index in [2.05, 4.69) is 25.0 Å². The third-order valence-corrected chi connectivity index (χ3v) is 3.70. The van der Waals surface area contributed by atoms with Gasteiger partial charge in [-0.2, -0.15) is 31.8 Å². The first-order chi connectivity index (χ1) is 8.83. The Hall–Kier alpha value is -1.34. The fourth-order valence-electron chi connectivity index (χ4n) is 1.72. The molecular formula is C10H11ClN6S. The molecule has 1 aliphatic heterocycles. The maximum Gasteiger partial charge on any atom is 0.256 e. The lowest BCUT2D eigenvalue weighted by molar-refractivity contribution is 0.759. The van der Waals surface area contributed by atoms with Crippen LogP contribution in [0.4, 0.5) is 5.95 Å². The van der Waals surface area contributed by atoms with Gasteiger partial charge in [0.25, 0.3) is 5.95 Å². The molecule has 1 fully saturated rings. The highest BCUT2D eigenvalue weighted by atomic mass is 35.5. The molecule has 2 aromatic heterocycles. The summed E-state index contributed by atoms with van der Waals surface area (Å²) in [5, 5.41) is 4.29. The van der Waals surface area contributed by atoms with Crippen LogP contribution < -0.4 is 4.90 Å². The van der Waals surface area contributed by atoms with Gasteiger partial charge in [-0.3, -0.25) is 0 Å². The van der Waals surface area contributed by atoms with Gasteiger partial charge in [-0.1, -0.05) is 0 Å². The lowest BCUT2D eigenvalue weighted by Gasteiger charge is -2.26. The van der Waals surface area contributed by atoms with Crippen molar-refractivity contribution in [3.63, 3.8) is 0 Å². The van der Waals surface area contributed by atoms with Crippen LogP contribution in [-0.4, -0.2) is 49.3 Å². The van der Waals surface area contributed by atoms with E-state index in [0.717, 1.165) is 24.6 Å². The van der Waals surface area contributed by atoms with Crippen LogP contribution in [0.25, 0.3) is 5.95 Å². The Bertz CT molecular complexity index is 525. The molecule has 8 heteroatoms. The predicted molar refractivity (Wildman–Crippen MR) is 71.5 cm³/mol. The second-order valence-electron chi connectivity index (χ2n) is 3.75. The largest absolute Gasteiger partial charge is 0.339 e. The summed E-state index contributed by atoms with van der Waals surface area (Å²) < 4.78 is 1.58. The summed E-state index contributed by atoms with van der Waals surface area (Å²) in [6, 6.07) is 1.81. The standard InChI is InChI=1S/C10H11ClN6S/c11-8-13-9(16-4-6-18-7-5-16)15-10(14-8)17-3-1-2-12-17/h1-3H,4-7H2. The second-order valence-corrected chi connectivity index (χ2v) is 5.32. The van der Waals surface area contributed by atoms with E-state index in [-0.39, 0.29) is 5.28 Å². The Morgan fingerprint density at radius 3 is 2.61 bits per heavy atom. The number of hydrogen-bond donors (Lipinski definition) is 0. The number of aromatic nitrogens is 5. The molecule has 6 nitrogen and oxygen atoms in total. The van der Waals surface area contributed by atoms with Gasteiger partial charge in [0.15, 0.2) is 0 Å². The molecule has 1 saturated heterocycles. The van der Waals surface area contributed by atoms with Crippen molar-refractivity contribution in [1.82, 2.24) is 24.7 Å². The average molecular weight is 283 g/mol. The molecule has 0 aromatic carbocycles. The molecule has 0 radical (unpaired) electrons. The molecule has 3 heterocycles. The van der Waals surface area contributed by atoms with Crippen molar-refractivity contribution in [2.45, 2.75) is 0 Å². The van der Waals surface area contributed by atoms with Gasteiger partial charge >= 0.3 is 0 Å². The maximum atomic E-state index is 5.95. The Labute approximate surface area is 113 Å².